The van der Waals surface area contributed by atoms with Crippen LogP contribution in [0.15, 0.2) is 18.2 Å². The van der Waals surface area contributed by atoms with Gasteiger partial charge < -0.3 is 26.0 Å². The fourth-order valence-corrected chi connectivity index (χ4v) is 1.43. The Labute approximate surface area is 105 Å². The van der Waals surface area contributed by atoms with E-state index >= 15 is 0 Å². The number of methoxy groups -OCH3 is 1. The van der Waals surface area contributed by atoms with E-state index in [4.69, 9.17) is 20.7 Å². The molecule has 6 nitrogen and oxygen atoms in total. The average Bonchev–Trinajstić information content (AvgIpc) is 2.37. The highest BCUT2D eigenvalue weighted by atomic mass is 16.5. The summed E-state index contributed by atoms with van der Waals surface area (Å²) in [5.74, 6) is -0.165. The number of nitrogens with one attached hydrogen (secondary N) is 1. The lowest BCUT2D eigenvalue weighted by Crippen LogP contribution is -2.51. The van der Waals surface area contributed by atoms with Gasteiger partial charge in [0.1, 0.15) is 11.3 Å². The van der Waals surface area contributed by atoms with E-state index < -0.39 is 11.4 Å². The molecule has 18 heavy (non-hydrogen) atoms. The highest BCUT2D eigenvalue weighted by Crippen LogP contribution is 2.24. The maximum atomic E-state index is 12.1. The quantitative estimate of drug-likeness (QED) is 0.542. The number of aliphatic hydroxyl groups is 2. The Morgan fingerprint density at radius 2 is 2.06 bits per heavy atom. The molecule has 1 amide bonds. The molecule has 0 radical (unpaired) electrons. The van der Waals surface area contributed by atoms with Gasteiger partial charge in [-0.2, -0.15) is 0 Å². The van der Waals surface area contributed by atoms with E-state index in [0.29, 0.717) is 5.75 Å². The van der Waals surface area contributed by atoms with E-state index in [9.17, 15) is 4.79 Å². The highest BCUT2D eigenvalue weighted by molar-refractivity contribution is 6.02. The fourth-order valence-electron chi connectivity index (χ4n) is 1.43. The molecule has 6 heteroatoms. The number of rotatable bonds is 5. The number of hydrogen-bond acceptors (Lipinski definition) is 5. The van der Waals surface area contributed by atoms with Gasteiger partial charge in [0, 0.05) is 5.69 Å². The molecule has 1 aromatic rings. The monoisotopic (exact) mass is 254 g/mol. The third-order valence-electron chi connectivity index (χ3n) is 2.62. The van der Waals surface area contributed by atoms with Crippen molar-refractivity contribution in [3.8, 4) is 5.75 Å². The maximum Gasteiger partial charge on any atom is 0.257 e. The predicted molar refractivity (Wildman–Crippen MR) is 67.4 cm³/mol. The lowest BCUT2D eigenvalue weighted by Gasteiger charge is -2.26. The number of carbonyl (C=O) groups excluding carboxylic acids is 1. The molecular formula is C12H18N2O4. The van der Waals surface area contributed by atoms with E-state index in [1.54, 1.807) is 18.2 Å². The molecule has 0 unspecified atom stereocenters. The fraction of sp³-hybridized carbons (Fsp3) is 0.417. The molecule has 0 aliphatic heterocycles. The first-order valence-corrected chi connectivity index (χ1v) is 5.44. The van der Waals surface area contributed by atoms with E-state index in [1.165, 1.54) is 14.0 Å². The minimum atomic E-state index is -1.11. The number of carbonyl (C=O) groups is 1. The van der Waals surface area contributed by atoms with Crippen LogP contribution in [0.25, 0.3) is 0 Å². The minimum Gasteiger partial charge on any atom is -0.496 e. The minimum absolute atomic E-state index is 0.188. The van der Waals surface area contributed by atoms with Gasteiger partial charge in [-0.25, -0.2) is 0 Å². The summed E-state index contributed by atoms with van der Waals surface area (Å²) in [7, 11) is 1.43. The van der Waals surface area contributed by atoms with Gasteiger partial charge in [-0.1, -0.05) is 6.07 Å². The van der Waals surface area contributed by atoms with Crippen LogP contribution in [0.3, 0.4) is 0 Å². The van der Waals surface area contributed by atoms with E-state index in [1.807, 2.05) is 0 Å². The molecule has 0 aliphatic rings. The van der Waals surface area contributed by atoms with Crippen molar-refractivity contribution in [2.24, 2.45) is 0 Å². The van der Waals surface area contributed by atoms with Crippen molar-refractivity contribution in [2.45, 2.75) is 12.5 Å². The van der Waals surface area contributed by atoms with E-state index in [2.05, 4.69) is 5.32 Å². The van der Waals surface area contributed by atoms with Crippen LogP contribution in [0.1, 0.15) is 17.3 Å². The van der Waals surface area contributed by atoms with Gasteiger partial charge >= 0.3 is 0 Å². The molecular weight excluding hydrogens is 236 g/mol. The molecule has 1 aromatic carbocycles. The number of amides is 1. The molecule has 5 N–H and O–H groups in total. The first-order chi connectivity index (χ1) is 8.47. The van der Waals surface area contributed by atoms with Gasteiger partial charge in [0.05, 0.1) is 25.9 Å². The molecule has 100 valence electrons. The molecule has 0 bridgehead atoms. The topological polar surface area (TPSA) is 105 Å². The predicted octanol–water partition coefficient (Wildman–Crippen LogP) is -0.249. The van der Waals surface area contributed by atoms with Crippen molar-refractivity contribution >= 4 is 11.6 Å². The third-order valence-corrected chi connectivity index (χ3v) is 2.62. The molecule has 0 aromatic heterocycles. The first-order valence-electron chi connectivity index (χ1n) is 5.44. The summed E-state index contributed by atoms with van der Waals surface area (Å²) in [5.41, 5.74) is 5.08. The SMILES string of the molecule is COc1cccc(N)c1C(=O)NC(C)(CO)CO. The van der Waals surface area contributed by atoms with Gasteiger partial charge in [-0.05, 0) is 19.1 Å². The molecule has 0 spiro atoms. The highest BCUT2D eigenvalue weighted by Gasteiger charge is 2.27. The Balaban J connectivity index is 3.04. The van der Waals surface area contributed by atoms with Gasteiger partial charge in [-0.3, -0.25) is 4.79 Å². The Bertz CT molecular complexity index is 430. The molecule has 0 fully saturated rings. The van der Waals surface area contributed by atoms with Gasteiger partial charge in [0.15, 0.2) is 0 Å². The number of ether oxygens (including phenoxy) is 1. The normalized spacial score (nSPS) is 11.1. The number of aliphatic hydroxyl groups excluding tert-OH is 2. The second-order valence-corrected chi connectivity index (χ2v) is 4.26. The molecule has 0 heterocycles. The smallest absolute Gasteiger partial charge is 0.257 e. The van der Waals surface area contributed by atoms with Crippen LogP contribution in [0.5, 0.6) is 5.75 Å². The van der Waals surface area contributed by atoms with Crippen molar-refractivity contribution in [2.75, 3.05) is 26.1 Å². The van der Waals surface area contributed by atoms with Crippen LogP contribution in [-0.2, 0) is 0 Å². The zero-order valence-corrected chi connectivity index (χ0v) is 10.4. The summed E-state index contributed by atoms with van der Waals surface area (Å²) in [4.78, 5) is 12.1. The zero-order chi connectivity index (χ0) is 13.8. The maximum absolute atomic E-state index is 12.1. The third kappa shape index (κ3) is 2.91. The molecule has 0 saturated heterocycles. The van der Waals surface area contributed by atoms with Gasteiger partial charge in [0.2, 0.25) is 0 Å². The summed E-state index contributed by atoms with van der Waals surface area (Å²) in [6.45, 7) is 0.755. The molecule has 0 aliphatic carbocycles. The average molecular weight is 254 g/mol. The van der Waals surface area contributed by atoms with Crippen molar-refractivity contribution in [1.29, 1.82) is 0 Å². The second kappa shape index (κ2) is 5.70. The lowest BCUT2D eigenvalue weighted by atomic mass is 10.0. The number of hydrogen-bond donors (Lipinski definition) is 4. The van der Waals surface area contributed by atoms with Crippen LogP contribution in [0.4, 0.5) is 5.69 Å². The Morgan fingerprint density at radius 1 is 1.44 bits per heavy atom. The summed E-state index contributed by atoms with van der Waals surface area (Å²) >= 11 is 0. The van der Waals surface area contributed by atoms with Gasteiger partial charge in [-0.15, -0.1) is 0 Å². The van der Waals surface area contributed by atoms with E-state index in [0.717, 1.165) is 0 Å². The number of anilines is 1. The summed E-state index contributed by atoms with van der Waals surface area (Å²) in [6.07, 6.45) is 0. The molecule has 1 rings (SSSR count). The standard InChI is InChI=1S/C12H18N2O4/c1-12(6-15,7-16)14-11(17)10-8(13)4-3-5-9(10)18-2/h3-5,15-16H,6-7,13H2,1-2H3,(H,14,17). The Kier molecular flexibility index (Phi) is 4.52. The zero-order valence-electron chi connectivity index (χ0n) is 10.4. The Morgan fingerprint density at radius 3 is 2.56 bits per heavy atom. The number of nitrogen functional groups attached to an aromatic ring is 1. The van der Waals surface area contributed by atoms with Crippen molar-refractivity contribution in [3.63, 3.8) is 0 Å². The second-order valence-electron chi connectivity index (χ2n) is 4.26. The first kappa shape index (κ1) is 14.3. The van der Waals surface area contributed by atoms with Crippen molar-refractivity contribution < 1.29 is 19.7 Å². The van der Waals surface area contributed by atoms with Crippen LogP contribution in [0.2, 0.25) is 0 Å². The van der Waals surface area contributed by atoms with Crippen LogP contribution in [0, 0.1) is 0 Å². The number of nitrogens with two attached hydrogens (primary N) is 1. The van der Waals surface area contributed by atoms with Crippen LogP contribution >= 0.6 is 0 Å². The van der Waals surface area contributed by atoms with Crippen LogP contribution < -0.4 is 15.8 Å². The van der Waals surface area contributed by atoms with Crippen LogP contribution in [-0.4, -0.2) is 42.0 Å². The van der Waals surface area contributed by atoms with Gasteiger partial charge in [0.25, 0.3) is 5.91 Å². The summed E-state index contributed by atoms with van der Waals surface area (Å²) < 4.78 is 5.06. The Hall–Kier alpha value is -1.79. The molecule has 0 saturated carbocycles. The molecule has 0 atom stereocenters. The largest absolute Gasteiger partial charge is 0.496 e. The summed E-state index contributed by atoms with van der Waals surface area (Å²) in [6, 6.07) is 4.86. The number of benzene rings is 1. The van der Waals surface area contributed by atoms with Crippen molar-refractivity contribution in [3.05, 3.63) is 23.8 Å². The lowest BCUT2D eigenvalue weighted by molar-refractivity contribution is 0.0722. The van der Waals surface area contributed by atoms with Crippen molar-refractivity contribution in [1.82, 2.24) is 5.32 Å². The summed E-state index contributed by atoms with van der Waals surface area (Å²) in [5, 5.41) is 20.8. The van der Waals surface area contributed by atoms with E-state index in [-0.39, 0.29) is 24.5 Å².